The first-order chi connectivity index (χ1) is 8.65. The molecule has 1 aliphatic rings. The smallest absolute Gasteiger partial charge is 0.343 e. The molecule has 1 heterocycles. The minimum absolute atomic E-state index is 0.00289. The molecule has 5 heteroatoms. The van der Waals surface area contributed by atoms with E-state index in [1.165, 1.54) is 14.2 Å². The Hall–Kier alpha value is -1.72. The van der Waals surface area contributed by atoms with Gasteiger partial charge in [0.1, 0.15) is 0 Å². The van der Waals surface area contributed by atoms with Crippen LogP contribution in [0.2, 0.25) is 0 Å². The van der Waals surface area contributed by atoms with Gasteiger partial charge in [0.15, 0.2) is 11.9 Å². The van der Waals surface area contributed by atoms with Crippen molar-refractivity contribution in [3.05, 3.63) is 35.9 Å². The summed E-state index contributed by atoms with van der Waals surface area (Å²) in [6, 6.07) is 8.68. The molecule has 1 saturated heterocycles. The summed E-state index contributed by atoms with van der Waals surface area (Å²) < 4.78 is 14.8. The van der Waals surface area contributed by atoms with E-state index in [2.05, 4.69) is 4.74 Å². The second-order valence-electron chi connectivity index (χ2n) is 4.04. The van der Waals surface area contributed by atoms with Crippen LogP contribution in [-0.4, -0.2) is 44.3 Å². The Morgan fingerprint density at radius 3 is 2.50 bits per heavy atom. The van der Waals surface area contributed by atoms with Crippen LogP contribution in [0.5, 0.6) is 0 Å². The fourth-order valence-corrected chi connectivity index (χ4v) is 1.91. The molecule has 96 valence electrons. The molecule has 18 heavy (non-hydrogen) atoms. The number of hydrogen-bond donors (Lipinski definition) is 0. The van der Waals surface area contributed by atoms with Crippen LogP contribution in [0.25, 0.3) is 0 Å². The molecule has 0 amide bonds. The van der Waals surface area contributed by atoms with Crippen molar-refractivity contribution in [3.8, 4) is 0 Å². The third-order valence-corrected chi connectivity index (χ3v) is 2.88. The van der Waals surface area contributed by atoms with Gasteiger partial charge in [-0.25, -0.2) is 4.79 Å². The summed E-state index contributed by atoms with van der Waals surface area (Å²) in [5.74, 6) is -0.823. The van der Waals surface area contributed by atoms with Crippen molar-refractivity contribution in [2.75, 3.05) is 20.8 Å². The Balaban J connectivity index is 2.17. The average Bonchev–Trinajstić information content (AvgIpc) is 3.14. The maximum absolute atomic E-state index is 12.1. The molecule has 1 aromatic carbocycles. The highest BCUT2D eigenvalue weighted by Gasteiger charge is 2.67. The molecule has 0 bridgehead atoms. The van der Waals surface area contributed by atoms with Gasteiger partial charge < -0.3 is 14.2 Å². The van der Waals surface area contributed by atoms with Crippen molar-refractivity contribution in [2.45, 2.75) is 11.7 Å². The number of Topliss-reactive ketones (excluding diaryl/α,β-unsaturated/α-hetero) is 1. The molecule has 0 radical (unpaired) electrons. The van der Waals surface area contributed by atoms with Gasteiger partial charge in [-0.2, -0.15) is 0 Å². The Bertz CT molecular complexity index is 456. The van der Waals surface area contributed by atoms with Crippen LogP contribution in [0.3, 0.4) is 0 Å². The lowest BCUT2D eigenvalue weighted by molar-refractivity contribution is -0.149. The Morgan fingerprint density at radius 2 is 1.94 bits per heavy atom. The van der Waals surface area contributed by atoms with E-state index in [9.17, 15) is 9.59 Å². The molecule has 0 aromatic heterocycles. The topological polar surface area (TPSA) is 65.1 Å². The number of methoxy groups -OCH3 is 2. The fraction of sp³-hybridized carbons (Fsp3) is 0.385. The molecule has 0 aliphatic carbocycles. The van der Waals surface area contributed by atoms with Crippen LogP contribution in [0.4, 0.5) is 0 Å². The lowest BCUT2D eigenvalue weighted by Gasteiger charge is -2.08. The molecule has 1 fully saturated rings. The van der Waals surface area contributed by atoms with E-state index in [0.29, 0.717) is 5.56 Å². The number of esters is 1. The molecule has 0 saturated carbocycles. The lowest BCUT2D eigenvalue weighted by Crippen LogP contribution is -2.36. The van der Waals surface area contributed by atoms with Crippen molar-refractivity contribution in [2.24, 2.45) is 0 Å². The van der Waals surface area contributed by atoms with Crippen LogP contribution >= 0.6 is 0 Å². The number of benzene rings is 1. The van der Waals surface area contributed by atoms with Gasteiger partial charge in [0.2, 0.25) is 5.60 Å². The summed E-state index contributed by atoms with van der Waals surface area (Å²) >= 11 is 0. The van der Waals surface area contributed by atoms with Crippen molar-refractivity contribution in [1.29, 1.82) is 0 Å². The maximum atomic E-state index is 12.1. The summed E-state index contributed by atoms with van der Waals surface area (Å²) in [5, 5.41) is 0. The van der Waals surface area contributed by atoms with E-state index in [1.54, 1.807) is 24.3 Å². The van der Waals surface area contributed by atoms with Gasteiger partial charge in [0.25, 0.3) is 0 Å². The first kappa shape index (κ1) is 12.7. The van der Waals surface area contributed by atoms with Gasteiger partial charge in [-0.3, -0.25) is 4.79 Å². The number of rotatable bonds is 5. The van der Waals surface area contributed by atoms with Crippen molar-refractivity contribution in [1.82, 2.24) is 0 Å². The summed E-state index contributed by atoms with van der Waals surface area (Å²) in [4.78, 5) is 23.8. The zero-order valence-corrected chi connectivity index (χ0v) is 10.2. The molecule has 5 nitrogen and oxygen atoms in total. The van der Waals surface area contributed by atoms with Crippen LogP contribution in [-0.2, 0) is 19.0 Å². The zero-order chi connectivity index (χ0) is 13.2. The number of ketones is 1. The number of epoxide rings is 1. The number of carbonyl (C=O) groups is 2. The van der Waals surface area contributed by atoms with E-state index in [4.69, 9.17) is 9.47 Å². The highest BCUT2D eigenvalue weighted by atomic mass is 16.7. The monoisotopic (exact) mass is 250 g/mol. The largest absolute Gasteiger partial charge is 0.467 e. The third-order valence-electron chi connectivity index (χ3n) is 2.88. The minimum Gasteiger partial charge on any atom is -0.467 e. The third kappa shape index (κ3) is 2.02. The highest BCUT2D eigenvalue weighted by molar-refractivity contribution is 6.06. The van der Waals surface area contributed by atoms with E-state index >= 15 is 0 Å². The van der Waals surface area contributed by atoms with Crippen molar-refractivity contribution in [3.63, 3.8) is 0 Å². The predicted octanol–water partition coefficient (Wildman–Crippen LogP) is 0.826. The fourth-order valence-electron chi connectivity index (χ4n) is 1.91. The number of hydrogen-bond acceptors (Lipinski definition) is 5. The Labute approximate surface area is 105 Å². The molecule has 1 aromatic rings. The summed E-state index contributed by atoms with van der Waals surface area (Å²) in [6.45, 7) is 0.00289. The second-order valence-corrected chi connectivity index (χ2v) is 4.04. The number of carbonyl (C=O) groups excluding carboxylic acids is 2. The zero-order valence-electron chi connectivity index (χ0n) is 10.2. The molecule has 2 rings (SSSR count). The van der Waals surface area contributed by atoms with E-state index in [0.717, 1.165) is 0 Å². The van der Waals surface area contributed by atoms with Gasteiger partial charge in [0, 0.05) is 12.7 Å². The van der Waals surface area contributed by atoms with Crippen LogP contribution in [0.1, 0.15) is 10.4 Å². The van der Waals surface area contributed by atoms with E-state index in [1.807, 2.05) is 6.07 Å². The van der Waals surface area contributed by atoms with E-state index < -0.39 is 17.7 Å². The van der Waals surface area contributed by atoms with Gasteiger partial charge in [-0.1, -0.05) is 30.3 Å². The first-order valence-corrected chi connectivity index (χ1v) is 5.50. The highest BCUT2D eigenvalue weighted by Crippen LogP contribution is 2.40. The molecular weight excluding hydrogens is 236 g/mol. The molecule has 0 N–H and O–H groups in total. The standard InChI is InChI=1S/C13H14O5/c1-16-8-13(12(15)17-2)11(18-13)10(14)9-6-4-3-5-7-9/h3-7,11H,8H2,1-2H3/t11-,13-/m1/s1. The summed E-state index contributed by atoms with van der Waals surface area (Å²) in [6.07, 6.45) is -0.827. The SMILES string of the molecule is COC[C@@]1(C(=O)OC)O[C@@H]1C(=O)c1ccccc1. The maximum Gasteiger partial charge on any atom is 0.343 e. The summed E-state index contributed by atoms with van der Waals surface area (Å²) in [7, 11) is 2.70. The van der Waals surface area contributed by atoms with Gasteiger partial charge in [0.05, 0.1) is 13.7 Å². The van der Waals surface area contributed by atoms with Gasteiger partial charge in [-0.15, -0.1) is 0 Å². The first-order valence-electron chi connectivity index (χ1n) is 5.50. The van der Waals surface area contributed by atoms with Gasteiger partial charge in [-0.05, 0) is 0 Å². The second kappa shape index (κ2) is 4.88. The predicted molar refractivity (Wildman–Crippen MR) is 62.3 cm³/mol. The quantitative estimate of drug-likeness (QED) is 0.440. The molecule has 2 atom stereocenters. The van der Waals surface area contributed by atoms with Gasteiger partial charge >= 0.3 is 5.97 Å². The average molecular weight is 250 g/mol. The normalized spacial score (nSPS) is 25.6. The van der Waals surface area contributed by atoms with Crippen LogP contribution < -0.4 is 0 Å². The molecule has 0 spiro atoms. The van der Waals surface area contributed by atoms with Crippen LogP contribution in [0, 0.1) is 0 Å². The molecule has 1 aliphatic heterocycles. The minimum atomic E-state index is -1.28. The van der Waals surface area contributed by atoms with Crippen LogP contribution in [0.15, 0.2) is 30.3 Å². The van der Waals surface area contributed by atoms with E-state index in [-0.39, 0.29) is 12.4 Å². The van der Waals surface area contributed by atoms with Crippen molar-refractivity contribution >= 4 is 11.8 Å². The Morgan fingerprint density at radius 1 is 1.28 bits per heavy atom. The van der Waals surface area contributed by atoms with Crippen molar-refractivity contribution < 1.29 is 23.8 Å². The summed E-state index contributed by atoms with van der Waals surface area (Å²) in [5.41, 5.74) is -0.777. The lowest BCUT2D eigenvalue weighted by atomic mass is 9.99. The Kier molecular flexibility index (Phi) is 3.45. The molecule has 0 unspecified atom stereocenters. The number of ether oxygens (including phenoxy) is 3. The molecular formula is C13H14O5.